The second-order valence-electron chi connectivity index (χ2n) is 4.92. The molecule has 0 spiro atoms. The number of hydrogen-bond donors (Lipinski definition) is 2. The molecule has 1 aromatic carbocycles. The lowest BCUT2D eigenvalue weighted by molar-refractivity contribution is 0.0572. The lowest BCUT2D eigenvalue weighted by Crippen LogP contribution is -2.42. The van der Waals surface area contributed by atoms with Gasteiger partial charge in [0, 0.05) is 19.2 Å². The predicted octanol–water partition coefficient (Wildman–Crippen LogP) is 1.07. The van der Waals surface area contributed by atoms with E-state index in [4.69, 9.17) is 14.7 Å². The second kappa shape index (κ2) is 7.85. The molecule has 1 heterocycles. The quantitative estimate of drug-likeness (QED) is 0.813. The van der Waals surface area contributed by atoms with Gasteiger partial charge in [0.05, 0.1) is 18.2 Å². The molecule has 2 atom stereocenters. The number of ether oxygens (including phenoxy) is 2. The van der Waals surface area contributed by atoms with Crippen LogP contribution < -0.4 is 10.1 Å². The van der Waals surface area contributed by atoms with E-state index < -0.39 is 6.10 Å². The lowest BCUT2D eigenvalue weighted by Gasteiger charge is -2.24. The number of aliphatic hydroxyl groups excluding tert-OH is 1. The zero-order chi connectivity index (χ0) is 14.2. The van der Waals surface area contributed by atoms with Crippen molar-refractivity contribution in [1.29, 1.82) is 5.26 Å². The van der Waals surface area contributed by atoms with Crippen LogP contribution in [-0.4, -0.2) is 43.6 Å². The van der Waals surface area contributed by atoms with Gasteiger partial charge < -0.3 is 19.9 Å². The van der Waals surface area contributed by atoms with Gasteiger partial charge in [0.25, 0.3) is 0 Å². The molecule has 0 saturated carbocycles. The molecule has 0 bridgehead atoms. The molecule has 20 heavy (non-hydrogen) atoms. The number of rotatable bonds is 6. The fraction of sp³-hybridized carbons (Fsp3) is 0.533. The maximum atomic E-state index is 9.86. The van der Waals surface area contributed by atoms with Gasteiger partial charge in [0.15, 0.2) is 0 Å². The normalized spacial score (nSPS) is 20.1. The number of nitrogens with one attached hydrogen (secondary N) is 1. The second-order valence-corrected chi connectivity index (χ2v) is 4.92. The van der Waals surface area contributed by atoms with Crippen molar-refractivity contribution in [3.63, 3.8) is 0 Å². The van der Waals surface area contributed by atoms with Crippen LogP contribution in [0.15, 0.2) is 24.3 Å². The Bertz CT molecular complexity index is 435. The van der Waals surface area contributed by atoms with Crippen molar-refractivity contribution < 1.29 is 14.6 Å². The minimum Gasteiger partial charge on any atom is -0.491 e. The maximum Gasteiger partial charge on any atom is 0.119 e. The van der Waals surface area contributed by atoms with E-state index in [0.717, 1.165) is 19.4 Å². The maximum absolute atomic E-state index is 9.86. The van der Waals surface area contributed by atoms with Crippen molar-refractivity contribution in [2.24, 2.45) is 0 Å². The first-order chi connectivity index (χ1) is 9.78. The summed E-state index contributed by atoms with van der Waals surface area (Å²) in [6.07, 6.45) is 1.59. The van der Waals surface area contributed by atoms with E-state index in [1.54, 1.807) is 24.3 Å². The van der Waals surface area contributed by atoms with Gasteiger partial charge in [-0.25, -0.2) is 0 Å². The minimum atomic E-state index is -0.562. The van der Waals surface area contributed by atoms with Gasteiger partial charge in [-0.3, -0.25) is 0 Å². The first-order valence-electron chi connectivity index (χ1n) is 6.90. The smallest absolute Gasteiger partial charge is 0.119 e. The average Bonchev–Trinajstić information content (AvgIpc) is 2.52. The molecule has 1 aliphatic rings. The summed E-state index contributed by atoms with van der Waals surface area (Å²) in [7, 11) is 0. The number of hydrogen-bond acceptors (Lipinski definition) is 5. The summed E-state index contributed by atoms with van der Waals surface area (Å²) in [6.45, 7) is 2.27. The van der Waals surface area contributed by atoms with Gasteiger partial charge in [-0.2, -0.15) is 5.26 Å². The van der Waals surface area contributed by atoms with Crippen molar-refractivity contribution in [2.75, 3.05) is 26.4 Å². The highest BCUT2D eigenvalue weighted by Gasteiger charge is 2.14. The zero-order valence-corrected chi connectivity index (χ0v) is 11.4. The third kappa shape index (κ3) is 4.82. The van der Waals surface area contributed by atoms with Crippen LogP contribution >= 0.6 is 0 Å². The van der Waals surface area contributed by atoms with Gasteiger partial charge in [0.2, 0.25) is 0 Å². The van der Waals surface area contributed by atoms with Gasteiger partial charge in [0.1, 0.15) is 18.5 Å². The number of benzene rings is 1. The van der Waals surface area contributed by atoms with Crippen LogP contribution in [0.3, 0.4) is 0 Å². The first kappa shape index (κ1) is 14.8. The van der Waals surface area contributed by atoms with Crippen LogP contribution in [0, 0.1) is 11.3 Å². The highest BCUT2D eigenvalue weighted by Crippen LogP contribution is 2.12. The summed E-state index contributed by atoms with van der Waals surface area (Å²) < 4.78 is 10.8. The van der Waals surface area contributed by atoms with E-state index in [-0.39, 0.29) is 6.61 Å². The SMILES string of the molecule is N#Cc1ccc(OCC(O)CNC2CCCOC2)cc1. The van der Waals surface area contributed by atoms with Crippen LogP contribution in [0.5, 0.6) is 5.75 Å². The Morgan fingerprint density at radius 2 is 2.25 bits per heavy atom. The predicted molar refractivity (Wildman–Crippen MR) is 74.5 cm³/mol. The molecule has 0 radical (unpaired) electrons. The molecule has 2 unspecified atom stereocenters. The molecule has 1 aromatic rings. The van der Waals surface area contributed by atoms with E-state index in [1.807, 2.05) is 6.07 Å². The molecular weight excluding hydrogens is 256 g/mol. The Labute approximate surface area is 119 Å². The molecule has 2 N–H and O–H groups in total. The fourth-order valence-electron chi connectivity index (χ4n) is 2.08. The Morgan fingerprint density at radius 3 is 2.90 bits per heavy atom. The van der Waals surface area contributed by atoms with Gasteiger partial charge in [-0.15, -0.1) is 0 Å². The molecule has 1 fully saturated rings. The molecule has 5 nitrogen and oxygen atoms in total. The zero-order valence-electron chi connectivity index (χ0n) is 11.4. The molecule has 5 heteroatoms. The molecular formula is C15H20N2O3. The van der Waals surface area contributed by atoms with Gasteiger partial charge >= 0.3 is 0 Å². The standard InChI is InChI=1S/C15H20N2O3/c16-8-12-3-5-15(6-4-12)20-11-14(18)9-17-13-2-1-7-19-10-13/h3-6,13-14,17-18H,1-2,7,9-11H2. The topological polar surface area (TPSA) is 74.5 Å². The van der Waals surface area contributed by atoms with E-state index in [0.29, 0.717) is 30.5 Å². The van der Waals surface area contributed by atoms with E-state index >= 15 is 0 Å². The highest BCUT2D eigenvalue weighted by molar-refractivity contribution is 5.34. The molecule has 108 valence electrons. The van der Waals surface area contributed by atoms with Gasteiger partial charge in [-0.1, -0.05) is 0 Å². The number of aliphatic hydroxyl groups is 1. The van der Waals surface area contributed by atoms with Gasteiger partial charge in [-0.05, 0) is 37.1 Å². The van der Waals surface area contributed by atoms with Crippen molar-refractivity contribution in [3.05, 3.63) is 29.8 Å². The third-order valence-corrected chi connectivity index (χ3v) is 3.23. The van der Waals surface area contributed by atoms with Crippen LogP contribution in [-0.2, 0) is 4.74 Å². The summed E-state index contributed by atoms with van der Waals surface area (Å²) in [5.41, 5.74) is 0.594. The van der Waals surface area contributed by atoms with Crippen molar-refractivity contribution in [2.45, 2.75) is 25.0 Å². The molecule has 2 rings (SSSR count). The number of nitrogens with zero attached hydrogens (tertiary/aromatic N) is 1. The van der Waals surface area contributed by atoms with Crippen LogP contribution in [0.1, 0.15) is 18.4 Å². The Kier molecular flexibility index (Phi) is 5.81. The first-order valence-corrected chi connectivity index (χ1v) is 6.90. The highest BCUT2D eigenvalue weighted by atomic mass is 16.5. The van der Waals surface area contributed by atoms with Crippen molar-refractivity contribution in [1.82, 2.24) is 5.32 Å². The van der Waals surface area contributed by atoms with Crippen molar-refractivity contribution in [3.8, 4) is 11.8 Å². The molecule has 1 aliphatic heterocycles. The number of nitriles is 1. The van der Waals surface area contributed by atoms with Crippen LogP contribution in [0.4, 0.5) is 0 Å². The van der Waals surface area contributed by atoms with E-state index in [2.05, 4.69) is 5.32 Å². The minimum absolute atomic E-state index is 0.229. The lowest BCUT2D eigenvalue weighted by atomic mass is 10.1. The van der Waals surface area contributed by atoms with Crippen LogP contribution in [0.25, 0.3) is 0 Å². The summed E-state index contributed by atoms with van der Waals surface area (Å²) in [4.78, 5) is 0. The summed E-state index contributed by atoms with van der Waals surface area (Å²) in [5.74, 6) is 0.657. The summed E-state index contributed by atoms with van der Waals surface area (Å²) >= 11 is 0. The van der Waals surface area contributed by atoms with Crippen LogP contribution in [0.2, 0.25) is 0 Å². The molecule has 0 aliphatic carbocycles. The largest absolute Gasteiger partial charge is 0.491 e. The van der Waals surface area contributed by atoms with Crippen molar-refractivity contribution >= 4 is 0 Å². The fourth-order valence-corrected chi connectivity index (χ4v) is 2.08. The molecule has 0 amide bonds. The average molecular weight is 276 g/mol. The third-order valence-electron chi connectivity index (χ3n) is 3.23. The Balaban J connectivity index is 1.66. The molecule has 0 aromatic heterocycles. The Morgan fingerprint density at radius 1 is 1.45 bits per heavy atom. The summed E-state index contributed by atoms with van der Waals surface area (Å²) in [6, 6.07) is 9.22. The monoisotopic (exact) mass is 276 g/mol. The molecule has 1 saturated heterocycles. The van der Waals surface area contributed by atoms with E-state index in [9.17, 15) is 5.11 Å². The van der Waals surface area contributed by atoms with E-state index in [1.165, 1.54) is 0 Å². The summed E-state index contributed by atoms with van der Waals surface area (Å²) in [5, 5.41) is 21.8. The Hall–Kier alpha value is -1.61.